The predicted molar refractivity (Wildman–Crippen MR) is 80.0 cm³/mol. The number of nitrogens with one attached hydrogen (secondary N) is 1. The van der Waals surface area contributed by atoms with Crippen LogP contribution in [0.1, 0.15) is 6.92 Å². The zero-order valence-corrected chi connectivity index (χ0v) is 13.0. The summed E-state index contributed by atoms with van der Waals surface area (Å²) in [4.78, 5) is 14.1. The smallest absolute Gasteiger partial charge is 0.242 e. The third-order valence-electron chi connectivity index (χ3n) is 3.30. The average molecular weight is 312 g/mol. The topological polar surface area (TPSA) is 75.7 Å². The summed E-state index contributed by atoms with van der Waals surface area (Å²) < 4.78 is 28.4. The maximum absolute atomic E-state index is 12.1. The first kappa shape index (κ1) is 15.8. The van der Waals surface area contributed by atoms with Crippen molar-refractivity contribution < 1.29 is 17.9 Å². The molecule has 1 amide bonds. The van der Waals surface area contributed by atoms with Gasteiger partial charge >= 0.3 is 0 Å². The molecule has 1 saturated heterocycles. The highest BCUT2D eigenvalue weighted by Gasteiger charge is 2.20. The highest BCUT2D eigenvalue weighted by atomic mass is 32.2. The molecule has 1 aromatic carbocycles. The molecule has 0 radical (unpaired) electrons. The van der Waals surface area contributed by atoms with Gasteiger partial charge < -0.3 is 15.0 Å². The fourth-order valence-corrected chi connectivity index (χ4v) is 2.84. The Morgan fingerprint density at radius 1 is 1.48 bits per heavy atom. The molecule has 0 aliphatic carbocycles. The van der Waals surface area contributed by atoms with Crippen molar-refractivity contribution in [1.29, 1.82) is 0 Å². The molecule has 1 aromatic rings. The number of rotatable bonds is 4. The highest BCUT2D eigenvalue weighted by Crippen LogP contribution is 2.15. The molecular weight excluding hydrogens is 292 g/mol. The Labute approximate surface area is 125 Å². The normalized spacial score (nSPS) is 19.3. The van der Waals surface area contributed by atoms with Crippen molar-refractivity contribution in [2.75, 3.05) is 37.8 Å². The number of morpholine rings is 1. The fourth-order valence-electron chi connectivity index (χ4n) is 2.17. The molecule has 7 heteroatoms. The van der Waals surface area contributed by atoms with Gasteiger partial charge in [-0.1, -0.05) is 6.07 Å². The molecule has 0 aromatic heterocycles. The van der Waals surface area contributed by atoms with Gasteiger partial charge in [0.15, 0.2) is 9.84 Å². The van der Waals surface area contributed by atoms with Crippen LogP contribution in [-0.2, 0) is 19.4 Å². The molecule has 0 spiro atoms. The van der Waals surface area contributed by atoms with Crippen molar-refractivity contribution in [3.63, 3.8) is 0 Å². The number of carbonyl (C=O) groups is 1. The predicted octanol–water partition coefficient (Wildman–Crippen LogP) is 0.749. The minimum Gasteiger partial charge on any atom is -0.376 e. The molecule has 1 heterocycles. The van der Waals surface area contributed by atoms with E-state index in [9.17, 15) is 13.2 Å². The zero-order chi connectivity index (χ0) is 15.5. The average Bonchev–Trinajstić information content (AvgIpc) is 2.44. The van der Waals surface area contributed by atoms with Crippen molar-refractivity contribution in [3.8, 4) is 0 Å². The van der Waals surface area contributed by atoms with Crippen LogP contribution in [0.2, 0.25) is 0 Å². The van der Waals surface area contributed by atoms with Crippen LogP contribution >= 0.6 is 0 Å². The number of ether oxygens (including phenoxy) is 1. The number of hydrogen-bond acceptors (Lipinski definition) is 5. The van der Waals surface area contributed by atoms with E-state index in [0.717, 1.165) is 6.26 Å². The second-order valence-electron chi connectivity index (χ2n) is 5.17. The van der Waals surface area contributed by atoms with Gasteiger partial charge in [0.25, 0.3) is 0 Å². The van der Waals surface area contributed by atoms with Crippen LogP contribution in [0.4, 0.5) is 5.69 Å². The molecule has 1 aliphatic rings. The van der Waals surface area contributed by atoms with Gasteiger partial charge in [0.1, 0.15) is 0 Å². The number of amides is 1. The largest absolute Gasteiger partial charge is 0.376 e. The SMILES string of the molecule is C[C@H]1CN(C(=O)CNc2cccc(S(C)(=O)=O)c2)CCO1. The first-order valence-corrected chi connectivity index (χ1v) is 8.69. The zero-order valence-electron chi connectivity index (χ0n) is 12.2. The monoisotopic (exact) mass is 312 g/mol. The molecule has 0 saturated carbocycles. The number of benzene rings is 1. The first-order valence-electron chi connectivity index (χ1n) is 6.79. The minimum absolute atomic E-state index is 0.0186. The maximum atomic E-state index is 12.1. The Bertz CT molecular complexity index is 615. The van der Waals surface area contributed by atoms with Crippen molar-refractivity contribution in [2.24, 2.45) is 0 Å². The summed E-state index contributed by atoms with van der Waals surface area (Å²) in [5, 5.41) is 2.97. The lowest BCUT2D eigenvalue weighted by Crippen LogP contribution is -2.46. The van der Waals surface area contributed by atoms with E-state index in [2.05, 4.69) is 5.32 Å². The summed E-state index contributed by atoms with van der Waals surface area (Å²) in [7, 11) is -3.24. The van der Waals surface area contributed by atoms with Crippen LogP contribution in [0.5, 0.6) is 0 Å². The van der Waals surface area contributed by atoms with E-state index >= 15 is 0 Å². The number of sulfone groups is 1. The summed E-state index contributed by atoms with van der Waals surface area (Å²) in [5.41, 5.74) is 0.618. The summed E-state index contributed by atoms with van der Waals surface area (Å²) in [6.07, 6.45) is 1.21. The van der Waals surface area contributed by atoms with Crippen LogP contribution in [0.3, 0.4) is 0 Å². The Morgan fingerprint density at radius 3 is 2.90 bits per heavy atom. The summed E-state index contributed by atoms with van der Waals surface area (Å²) in [5.74, 6) is -0.0186. The van der Waals surface area contributed by atoms with E-state index < -0.39 is 9.84 Å². The van der Waals surface area contributed by atoms with Crippen molar-refractivity contribution in [1.82, 2.24) is 4.90 Å². The van der Waals surface area contributed by atoms with Gasteiger partial charge in [-0.05, 0) is 25.1 Å². The molecule has 0 bridgehead atoms. The standard InChI is InChI=1S/C14H20N2O4S/c1-11-10-16(6-7-20-11)14(17)9-15-12-4-3-5-13(8-12)21(2,18)19/h3-5,8,11,15H,6-7,9-10H2,1-2H3/t11-/m0/s1. The molecule has 6 nitrogen and oxygen atoms in total. The molecule has 0 unspecified atom stereocenters. The number of carbonyl (C=O) groups excluding carboxylic acids is 1. The van der Waals surface area contributed by atoms with Gasteiger partial charge in [-0.3, -0.25) is 4.79 Å². The van der Waals surface area contributed by atoms with Crippen LogP contribution in [0.15, 0.2) is 29.2 Å². The third-order valence-corrected chi connectivity index (χ3v) is 4.41. The summed E-state index contributed by atoms with van der Waals surface area (Å²) in [6, 6.07) is 6.46. The Balaban J connectivity index is 1.95. The van der Waals surface area contributed by atoms with Crippen LogP contribution in [0, 0.1) is 0 Å². The van der Waals surface area contributed by atoms with E-state index in [-0.39, 0.29) is 23.5 Å². The van der Waals surface area contributed by atoms with E-state index in [1.54, 1.807) is 17.0 Å². The molecule has 1 N–H and O–H groups in total. The maximum Gasteiger partial charge on any atom is 0.242 e. The Morgan fingerprint density at radius 2 is 2.24 bits per heavy atom. The summed E-state index contributed by atoms with van der Waals surface area (Å²) >= 11 is 0. The van der Waals surface area contributed by atoms with Gasteiger partial charge in [0.05, 0.1) is 24.2 Å². The molecule has 2 rings (SSSR count). The van der Waals surface area contributed by atoms with Gasteiger partial charge in [0, 0.05) is 25.0 Å². The highest BCUT2D eigenvalue weighted by molar-refractivity contribution is 7.90. The molecule has 1 fully saturated rings. The molecule has 116 valence electrons. The third kappa shape index (κ3) is 4.44. The lowest BCUT2D eigenvalue weighted by Gasteiger charge is -2.31. The van der Waals surface area contributed by atoms with Crippen molar-refractivity contribution in [3.05, 3.63) is 24.3 Å². The van der Waals surface area contributed by atoms with Gasteiger partial charge in [-0.25, -0.2) is 8.42 Å². The second-order valence-corrected chi connectivity index (χ2v) is 7.19. The van der Waals surface area contributed by atoms with Crippen molar-refractivity contribution >= 4 is 21.4 Å². The lowest BCUT2D eigenvalue weighted by molar-refractivity contribution is -0.136. The molecular formula is C14H20N2O4S. The molecule has 21 heavy (non-hydrogen) atoms. The quantitative estimate of drug-likeness (QED) is 0.888. The summed E-state index contributed by atoms with van der Waals surface area (Å²) in [6.45, 7) is 3.80. The number of nitrogens with zero attached hydrogens (tertiary/aromatic N) is 1. The van der Waals surface area contributed by atoms with Gasteiger partial charge in [0.2, 0.25) is 5.91 Å². The van der Waals surface area contributed by atoms with Gasteiger partial charge in [-0.15, -0.1) is 0 Å². The van der Waals surface area contributed by atoms with E-state index in [1.165, 1.54) is 12.1 Å². The lowest BCUT2D eigenvalue weighted by atomic mass is 10.3. The fraction of sp³-hybridized carbons (Fsp3) is 0.500. The van der Waals surface area contributed by atoms with Gasteiger partial charge in [-0.2, -0.15) is 0 Å². The van der Waals surface area contributed by atoms with Crippen LogP contribution < -0.4 is 5.32 Å². The Hall–Kier alpha value is -1.60. The Kier molecular flexibility index (Phi) is 4.84. The van der Waals surface area contributed by atoms with Crippen LogP contribution in [-0.4, -0.2) is 57.8 Å². The van der Waals surface area contributed by atoms with Crippen molar-refractivity contribution in [2.45, 2.75) is 17.9 Å². The van der Waals surface area contributed by atoms with E-state index in [4.69, 9.17) is 4.74 Å². The second kappa shape index (κ2) is 6.44. The molecule has 1 aliphatic heterocycles. The van der Waals surface area contributed by atoms with E-state index in [1.807, 2.05) is 6.92 Å². The molecule has 1 atom stereocenters. The van der Waals surface area contributed by atoms with Crippen LogP contribution in [0.25, 0.3) is 0 Å². The van der Waals surface area contributed by atoms with E-state index in [0.29, 0.717) is 25.4 Å². The first-order chi connectivity index (χ1) is 9.86. The number of hydrogen-bond donors (Lipinski definition) is 1. The number of anilines is 1. The minimum atomic E-state index is -3.24.